The predicted octanol–water partition coefficient (Wildman–Crippen LogP) is 4.42. The monoisotopic (exact) mass is 369 g/mol. The van der Waals surface area contributed by atoms with Crippen molar-refractivity contribution in [2.24, 2.45) is 0 Å². The molecule has 0 saturated carbocycles. The molecule has 106 valence electrons. The molecule has 1 unspecified atom stereocenters. The largest absolute Gasteiger partial charge is 0.309 e. The van der Waals surface area contributed by atoms with Crippen molar-refractivity contribution in [1.29, 1.82) is 0 Å². The van der Waals surface area contributed by atoms with Crippen LogP contribution in [0, 0.1) is 6.92 Å². The molecule has 0 aliphatic heterocycles. The second-order valence-electron chi connectivity index (χ2n) is 4.74. The van der Waals surface area contributed by atoms with Crippen LogP contribution in [0.25, 0.3) is 4.96 Å². The second-order valence-corrected chi connectivity index (χ2v) is 8.02. The van der Waals surface area contributed by atoms with Gasteiger partial charge in [-0.1, -0.05) is 6.92 Å². The van der Waals surface area contributed by atoms with Gasteiger partial charge < -0.3 is 5.32 Å². The number of hydrogen-bond donors (Lipinski definition) is 1. The van der Waals surface area contributed by atoms with Gasteiger partial charge in [-0.15, -0.1) is 22.7 Å². The lowest BCUT2D eigenvalue weighted by Gasteiger charge is -2.14. The Labute approximate surface area is 134 Å². The van der Waals surface area contributed by atoms with E-state index in [2.05, 4.69) is 68.3 Å². The highest BCUT2D eigenvalue weighted by Crippen LogP contribution is 2.32. The zero-order valence-corrected chi connectivity index (χ0v) is 14.6. The number of fused-ring (bicyclic) bond motifs is 1. The van der Waals surface area contributed by atoms with Crippen molar-refractivity contribution in [3.05, 3.63) is 43.8 Å². The van der Waals surface area contributed by atoms with Gasteiger partial charge in [0.1, 0.15) is 0 Å². The topological polar surface area (TPSA) is 29.3 Å². The minimum atomic E-state index is 0.333. The highest BCUT2D eigenvalue weighted by molar-refractivity contribution is 9.11. The minimum Gasteiger partial charge on any atom is -0.309 e. The summed E-state index contributed by atoms with van der Waals surface area (Å²) in [5.74, 6) is 0. The Bertz CT molecular complexity index is 665. The number of nitrogens with zero attached hydrogens (tertiary/aromatic N) is 2. The number of aromatic nitrogens is 2. The van der Waals surface area contributed by atoms with E-state index in [1.807, 2.05) is 11.3 Å². The standard InChI is InChI=1S/C14H16BrN3S2/c1-3-16-11(12-6-9(2)13(15)20-12)7-10-8-18-4-5-19-14(18)17-10/h4-6,8,11,16H,3,7H2,1-2H3. The molecule has 3 aromatic rings. The molecule has 6 heteroatoms. The van der Waals surface area contributed by atoms with Crippen LogP contribution in [-0.4, -0.2) is 15.9 Å². The molecule has 0 aromatic carbocycles. The molecule has 3 nitrogen and oxygen atoms in total. The molecule has 0 aliphatic rings. The summed E-state index contributed by atoms with van der Waals surface area (Å²) in [6.07, 6.45) is 5.12. The third-order valence-corrected chi connectivity index (χ3v) is 6.25. The van der Waals surface area contributed by atoms with Gasteiger partial charge in [0, 0.05) is 35.1 Å². The SMILES string of the molecule is CCNC(Cc1cn2ccsc2n1)c1cc(C)c(Br)s1. The van der Waals surface area contributed by atoms with Crippen LogP contribution in [0.15, 0.2) is 27.6 Å². The molecule has 0 spiro atoms. The Morgan fingerprint density at radius 1 is 1.50 bits per heavy atom. The average Bonchev–Trinajstić information content (AvgIpc) is 3.05. The maximum absolute atomic E-state index is 4.68. The van der Waals surface area contributed by atoms with Crippen LogP contribution in [0.2, 0.25) is 0 Å². The summed E-state index contributed by atoms with van der Waals surface area (Å²) < 4.78 is 3.32. The Kier molecular flexibility index (Phi) is 4.26. The fraction of sp³-hybridized carbons (Fsp3) is 0.357. The molecule has 0 aliphatic carbocycles. The zero-order chi connectivity index (χ0) is 14.1. The fourth-order valence-electron chi connectivity index (χ4n) is 2.26. The quantitative estimate of drug-likeness (QED) is 0.720. The zero-order valence-electron chi connectivity index (χ0n) is 11.4. The molecule has 1 atom stereocenters. The van der Waals surface area contributed by atoms with Crippen LogP contribution < -0.4 is 5.32 Å². The van der Waals surface area contributed by atoms with Gasteiger partial charge in [0.2, 0.25) is 0 Å². The first-order valence-electron chi connectivity index (χ1n) is 6.57. The number of rotatable bonds is 5. The maximum atomic E-state index is 4.68. The van der Waals surface area contributed by atoms with E-state index in [-0.39, 0.29) is 0 Å². The first-order valence-corrected chi connectivity index (χ1v) is 9.06. The number of nitrogens with one attached hydrogen (secondary N) is 1. The summed E-state index contributed by atoms with van der Waals surface area (Å²) in [6.45, 7) is 5.25. The number of hydrogen-bond acceptors (Lipinski definition) is 4. The van der Waals surface area contributed by atoms with Crippen LogP contribution in [0.3, 0.4) is 0 Å². The number of likely N-dealkylation sites (N-methyl/N-ethyl adjacent to an activating group) is 1. The molecule has 0 saturated heterocycles. The van der Waals surface area contributed by atoms with Crippen molar-refractivity contribution in [3.63, 3.8) is 0 Å². The third kappa shape index (κ3) is 2.83. The van der Waals surface area contributed by atoms with Gasteiger partial charge in [0.25, 0.3) is 0 Å². The van der Waals surface area contributed by atoms with Crippen molar-refractivity contribution >= 4 is 43.6 Å². The van der Waals surface area contributed by atoms with Crippen LogP contribution in [0.1, 0.15) is 29.1 Å². The summed E-state index contributed by atoms with van der Waals surface area (Å²) in [6, 6.07) is 2.60. The van der Waals surface area contributed by atoms with Crippen molar-refractivity contribution < 1.29 is 0 Å². The Morgan fingerprint density at radius 3 is 3.00 bits per heavy atom. The first-order chi connectivity index (χ1) is 9.67. The summed E-state index contributed by atoms with van der Waals surface area (Å²) in [5, 5.41) is 5.63. The normalized spacial score (nSPS) is 13.2. The molecule has 3 rings (SSSR count). The van der Waals surface area contributed by atoms with Gasteiger partial charge in [-0.2, -0.15) is 0 Å². The van der Waals surface area contributed by atoms with E-state index in [1.54, 1.807) is 11.3 Å². The molecule has 0 radical (unpaired) electrons. The fourth-order valence-corrected chi connectivity index (χ4v) is 4.62. The molecule has 1 N–H and O–H groups in total. The highest BCUT2D eigenvalue weighted by Gasteiger charge is 2.17. The van der Waals surface area contributed by atoms with Crippen LogP contribution in [-0.2, 0) is 6.42 Å². The van der Waals surface area contributed by atoms with E-state index in [1.165, 1.54) is 14.2 Å². The van der Waals surface area contributed by atoms with E-state index >= 15 is 0 Å². The smallest absolute Gasteiger partial charge is 0.193 e. The molecule has 0 amide bonds. The summed E-state index contributed by atoms with van der Waals surface area (Å²) in [4.78, 5) is 7.12. The lowest BCUT2D eigenvalue weighted by molar-refractivity contribution is 0.553. The Balaban J connectivity index is 1.85. The van der Waals surface area contributed by atoms with Gasteiger partial charge >= 0.3 is 0 Å². The highest BCUT2D eigenvalue weighted by atomic mass is 79.9. The molecule has 0 fully saturated rings. The molecular formula is C14H16BrN3S2. The van der Waals surface area contributed by atoms with Crippen molar-refractivity contribution in [3.8, 4) is 0 Å². The molecule has 20 heavy (non-hydrogen) atoms. The first kappa shape index (κ1) is 14.3. The van der Waals surface area contributed by atoms with Crippen LogP contribution >= 0.6 is 38.6 Å². The number of imidazole rings is 1. The maximum Gasteiger partial charge on any atom is 0.193 e. The van der Waals surface area contributed by atoms with E-state index in [4.69, 9.17) is 0 Å². The van der Waals surface area contributed by atoms with Crippen molar-refractivity contribution in [2.45, 2.75) is 26.3 Å². The van der Waals surface area contributed by atoms with E-state index in [9.17, 15) is 0 Å². The lowest BCUT2D eigenvalue weighted by atomic mass is 10.1. The molecular weight excluding hydrogens is 354 g/mol. The van der Waals surface area contributed by atoms with Gasteiger partial charge in [-0.3, -0.25) is 4.40 Å². The Morgan fingerprint density at radius 2 is 2.35 bits per heavy atom. The minimum absolute atomic E-state index is 0.333. The van der Waals surface area contributed by atoms with Crippen molar-refractivity contribution in [2.75, 3.05) is 6.54 Å². The second kappa shape index (κ2) is 5.97. The summed E-state index contributed by atoms with van der Waals surface area (Å²) >= 11 is 7.11. The predicted molar refractivity (Wildman–Crippen MR) is 89.9 cm³/mol. The summed E-state index contributed by atoms with van der Waals surface area (Å²) in [5.41, 5.74) is 2.45. The van der Waals surface area contributed by atoms with Crippen molar-refractivity contribution in [1.82, 2.24) is 14.7 Å². The van der Waals surface area contributed by atoms with E-state index < -0.39 is 0 Å². The summed E-state index contributed by atoms with van der Waals surface area (Å²) in [7, 11) is 0. The average molecular weight is 370 g/mol. The van der Waals surface area contributed by atoms with Gasteiger partial charge in [0.05, 0.1) is 9.48 Å². The van der Waals surface area contributed by atoms with E-state index in [0.717, 1.165) is 23.6 Å². The van der Waals surface area contributed by atoms with Crippen LogP contribution in [0.5, 0.6) is 0 Å². The van der Waals surface area contributed by atoms with E-state index in [0.29, 0.717) is 6.04 Å². The Hall–Kier alpha value is -0.690. The van der Waals surface area contributed by atoms with Crippen LogP contribution in [0.4, 0.5) is 0 Å². The number of aryl methyl sites for hydroxylation is 1. The molecule has 3 aromatic heterocycles. The number of halogens is 1. The lowest BCUT2D eigenvalue weighted by Crippen LogP contribution is -2.22. The molecule has 3 heterocycles. The van der Waals surface area contributed by atoms with Gasteiger partial charge in [-0.25, -0.2) is 4.98 Å². The molecule has 0 bridgehead atoms. The number of thiophene rings is 1. The third-order valence-electron chi connectivity index (χ3n) is 3.23. The van der Waals surface area contributed by atoms with Gasteiger partial charge in [0.15, 0.2) is 4.96 Å². The van der Waals surface area contributed by atoms with Gasteiger partial charge in [-0.05, 0) is 41.0 Å². The number of thiazole rings is 1.